The van der Waals surface area contributed by atoms with Gasteiger partial charge in [-0.15, -0.1) is 0 Å². The third kappa shape index (κ3) is 4.87. The van der Waals surface area contributed by atoms with Gasteiger partial charge in [0, 0.05) is 6.08 Å². The summed E-state index contributed by atoms with van der Waals surface area (Å²) in [4.78, 5) is 37.6. The van der Waals surface area contributed by atoms with E-state index < -0.39 is 35.3 Å². The second kappa shape index (κ2) is 8.56. The molecule has 1 fully saturated rings. The fourth-order valence-electron chi connectivity index (χ4n) is 2.49. The number of methoxy groups -OCH3 is 1. The zero-order chi connectivity index (χ0) is 22.1. The van der Waals surface area contributed by atoms with Crippen LogP contribution < -0.4 is 10.1 Å². The average Bonchev–Trinajstić information content (AvgIpc) is 3.19. The molecule has 1 aromatic heterocycles. The molecule has 1 saturated heterocycles. The first-order valence-electron chi connectivity index (χ1n) is 8.14. The number of nitrogens with one attached hydrogen (secondary N) is 1. The van der Waals surface area contributed by atoms with Crippen molar-refractivity contribution < 1.29 is 36.7 Å². The van der Waals surface area contributed by atoms with Gasteiger partial charge in [-0.2, -0.15) is 13.2 Å². The summed E-state index contributed by atoms with van der Waals surface area (Å²) in [7, 11) is 1.23. The number of rotatable bonds is 5. The molecule has 158 valence electrons. The first-order valence-corrected chi connectivity index (χ1v) is 9.75. The first-order chi connectivity index (χ1) is 14.1. The van der Waals surface area contributed by atoms with E-state index in [1.54, 1.807) is 12.1 Å². The monoisotopic (exact) mass is 504 g/mol. The summed E-state index contributed by atoms with van der Waals surface area (Å²) in [5.41, 5.74) is -1.22. The minimum atomic E-state index is -4.62. The quantitative estimate of drug-likeness (QED) is 0.591. The van der Waals surface area contributed by atoms with Crippen LogP contribution in [0.15, 0.2) is 44.3 Å². The predicted molar refractivity (Wildman–Crippen MR) is 106 cm³/mol. The van der Waals surface area contributed by atoms with Crippen LogP contribution in [0, 0.1) is 0 Å². The summed E-state index contributed by atoms with van der Waals surface area (Å²) in [6, 6.07) is 5.75. The third-order valence-electron chi connectivity index (χ3n) is 3.84. The normalized spacial score (nSPS) is 15.8. The molecule has 0 bridgehead atoms. The smallest absolute Gasteiger partial charge is 0.416 e. The van der Waals surface area contributed by atoms with Crippen molar-refractivity contribution in [3.63, 3.8) is 0 Å². The van der Waals surface area contributed by atoms with Gasteiger partial charge < -0.3 is 14.5 Å². The Morgan fingerprint density at radius 3 is 2.63 bits per heavy atom. The maximum absolute atomic E-state index is 12.9. The Morgan fingerprint density at radius 2 is 2.03 bits per heavy atom. The van der Waals surface area contributed by atoms with Crippen LogP contribution in [0.2, 0.25) is 0 Å². The maximum Gasteiger partial charge on any atom is 0.416 e. The second-order valence-corrected chi connectivity index (χ2v) is 7.65. The van der Waals surface area contributed by atoms with Gasteiger partial charge in [0.25, 0.3) is 11.1 Å². The molecule has 7 nitrogen and oxygen atoms in total. The summed E-state index contributed by atoms with van der Waals surface area (Å²) in [5, 5.41) is 1.55. The largest absolute Gasteiger partial charge is 0.495 e. The molecule has 30 heavy (non-hydrogen) atoms. The Morgan fingerprint density at radius 1 is 1.30 bits per heavy atom. The molecule has 0 spiro atoms. The fraction of sp³-hybridized carbons (Fsp3) is 0.167. The number of anilines is 1. The number of hydrogen-bond donors (Lipinski definition) is 1. The lowest BCUT2D eigenvalue weighted by atomic mass is 10.1. The highest BCUT2D eigenvalue weighted by Crippen LogP contribution is 2.36. The summed E-state index contributed by atoms with van der Waals surface area (Å²) in [6.07, 6.45) is -3.27. The van der Waals surface area contributed by atoms with Crippen molar-refractivity contribution in [2.45, 2.75) is 6.18 Å². The SMILES string of the molecule is COc1ccc(C(F)(F)F)cc1NC(=O)CN1C(=O)S/C(=C\c2ccc(Br)o2)C1=O. The van der Waals surface area contributed by atoms with Gasteiger partial charge in [-0.1, -0.05) is 0 Å². The lowest BCUT2D eigenvalue weighted by Crippen LogP contribution is -2.36. The van der Waals surface area contributed by atoms with Gasteiger partial charge in [0.05, 0.1) is 23.3 Å². The molecule has 1 N–H and O–H groups in total. The molecule has 1 aliphatic rings. The van der Waals surface area contributed by atoms with Crippen molar-refractivity contribution in [1.82, 2.24) is 4.90 Å². The van der Waals surface area contributed by atoms with E-state index >= 15 is 0 Å². The lowest BCUT2D eigenvalue weighted by Gasteiger charge is -2.16. The van der Waals surface area contributed by atoms with E-state index in [4.69, 9.17) is 9.15 Å². The van der Waals surface area contributed by atoms with Crippen LogP contribution in [-0.4, -0.2) is 35.6 Å². The van der Waals surface area contributed by atoms with Crippen molar-refractivity contribution in [2.75, 3.05) is 19.0 Å². The standard InChI is InChI=1S/C18H12BrF3N2O5S/c1-28-12-4-2-9(18(20,21)22)6-11(12)23-15(25)8-24-16(26)13(30-17(24)27)7-10-3-5-14(19)29-10/h2-7H,8H2,1H3,(H,23,25)/b13-7-. The highest BCUT2D eigenvalue weighted by atomic mass is 79.9. The van der Waals surface area contributed by atoms with Gasteiger partial charge in [0.15, 0.2) is 4.67 Å². The molecule has 0 atom stereocenters. The van der Waals surface area contributed by atoms with Gasteiger partial charge in [0.1, 0.15) is 18.1 Å². The number of furan rings is 1. The molecule has 0 aliphatic carbocycles. The zero-order valence-electron chi connectivity index (χ0n) is 15.1. The lowest BCUT2D eigenvalue weighted by molar-refractivity contribution is -0.137. The first kappa shape index (κ1) is 22.0. The van der Waals surface area contributed by atoms with Crippen molar-refractivity contribution in [2.24, 2.45) is 0 Å². The molecule has 1 aromatic carbocycles. The minimum Gasteiger partial charge on any atom is -0.495 e. The number of carbonyl (C=O) groups is 3. The van der Waals surface area contributed by atoms with E-state index in [1.165, 1.54) is 13.2 Å². The molecule has 3 rings (SSSR count). The second-order valence-electron chi connectivity index (χ2n) is 5.87. The van der Waals surface area contributed by atoms with Crippen molar-refractivity contribution in [3.05, 3.63) is 51.2 Å². The Bertz CT molecular complexity index is 1050. The summed E-state index contributed by atoms with van der Waals surface area (Å²) >= 11 is 3.73. The Balaban J connectivity index is 1.74. The molecular weight excluding hydrogens is 493 g/mol. The topological polar surface area (TPSA) is 88.8 Å². The van der Waals surface area contributed by atoms with E-state index in [0.29, 0.717) is 33.2 Å². The number of nitrogens with zero attached hydrogens (tertiary/aromatic N) is 1. The number of thioether (sulfide) groups is 1. The number of imide groups is 1. The zero-order valence-corrected chi connectivity index (χ0v) is 17.5. The highest BCUT2D eigenvalue weighted by Gasteiger charge is 2.37. The summed E-state index contributed by atoms with van der Waals surface area (Å²) in [5.74, 6) is -1.26. The Labute approximate surface area is 180 Å². The van der Waals surface area contributed by atoms with Crippen LogP contribution in [0.4, 0.5) is 23.7 Å². The maximum atomic E-state index is 12.9. The van der Waals surface area contributed by atoms with Gasteiger partial charge in [0.2, 0.25) is 5.91 Å². The van der Waals surface area contributed by atoms with Gasteiger partial charge in [-0.25, -0.2) is 0 Å². The molecule has 0 radical (unpaired) electrons. The predicted octanol–water partition coefficient (Wildman–Crippen LogP) is 4.74. The number of alkyl halides is 3. The van der Waals surface area contributed by atoms with Crippen molar-refractivity contribution in [3.8, 4) is 5.75 Å². The third-order valence-corrected chi connectivity index (χ3v) is 5.18. The number of ether oxygens (including phenoxy) is 1. The number of amides is 3. The summed E-state index contributed by atoms with van der Waals surface area (Å²) in [6.45, 7) is -0.677. The van der Waals surface area contributed by atoms with Crippen LogP contribution in [0.5, 0.6) is 5.75 Å². The number of carbonyl (C=O) groups excluding carboxylic acids is 3. The van der Waals surface area contributed by atoms with Crippen molar-refractivity contribution >= 4 is 56.5 Å². The van der Waals surface area contributed by atoms with E-state index in [0.717, 1.165) is 12.1 Å². The van der Waals surface area contributed by atoms with Crippen molar-refractivity contribution in [1.29, 1.82) is 0 Å². The van der Waals surface area contributed by atoms with Crippen LogP contribution in [0.1, 0.15) is 11.3 Å². The van der Waals surface area contributed by atoms with Crippen LogP contribution >= 0.6 is 27.7 Å². The molecule has 1 aliphatic heterocycles. The van der Waals surface area contributed by atoms with E-state index in [9.17, 15) is 27.6 Å². The highest BCUT2D eigenvalue weighted by molar-refractivity contribution is 9.10. The van der Waals surface area contributed by atoms with E-state index in [-0.39, 0.29) is 16.3 Å². The minimum absolute atomic E-state index is 0.00576. The molecule has 3 amide bonds. The summed E-state index contributed by atoms with van der Waals surface area (Å²) < 4.78 is 49.4. The molecule has 0 unspecified atom stereocenters. The van der Waals surface area contributed by atoms with E-state index in [1.807, 2.05) is 0 Å². The molecule has 2 heterocycles. The van der Waals surface area contributed by atoms with E-state index in [2.05, 4.69) is 21.2 Å². The molecule has 0 saturated carbocycles. The average molecular weight is 505 g/mol. The van der Waals surface area contributed by atoms with Gasteiger partial charge in [-0.05, 0) is 58.0 Å². The fourth-order valence-corrected chi connectivity index (χ4v) is 3.62. The van der Waals surface area contributed by atoms with Crippen LogP contribution in [-0.2, 0) is 15.8 Å². The van der Waals surface area contributed by atoms with Crippen LogP contribution in [0.25, 0.3) is 6.08 Å². The van der Waals surface area contributed by atoms with Crippen LogP contribution in [0.3, 0.4) is 0 Å². The van der Waals surface area contributed by atoms with Gasteiger partial charge >= 0.3 is 6.18 Å². The molecule has 12 heteroatoms. The number of halogens is 4. The molecule has 2 aromatic rings. The Kier molecular flexibility index (Phi) is 6.27. The number of hydrogen-bond acceptors (Lipinski definition) is 6. The number of benzene rings is 1. The Hall–Kier alpha value is -2.73. The van der Waals surface area contributed by atoms with Gasteiger partial charge in [-0.3, -0.25) is 19.3 Å². The molecular formula is C18H12BrF3N2O5S.